The van der Waals surface area contributed by atoms with Crippen molar-refractivity contribution in [1.29, 1.82) is 5.41 Å². The van der Waals surface area contributed by atoms with Crippen molar-refractivity contribution < 1.29 is 24.2 Å². The largest absolute Gasteiger partial charge is 0.507 e. The predicted molar refractivity (Wildman–Crippen MR) is 120 cm³/mol. The lowest BCUT2D eigenvalue weighted by atomic mass is 9.86. The number of phenolic OH excluding ortho intramolecular Hbond substituents is 1. The number of benzene rings is 2. The molecule has 2 amide bonds. The first-order valence-electron chi connectivity index (χ1n) is 11.0. The topological polar surface area (TPSA) is 112 Å². The number of nitrogens with one attached hydrogen (secondary N) is 2. The maximum atomic E-state index is 12.2. The zero-order valence-corrected chi connectivity index (χ0v) is 18.2. The molecule has 0 aromatic heterocycles. The first kappa shape index (κ1) is 22.2. The summed E-state index contributed by atoms with van der Waals surface area (Å²) in [6, 6.07) is 9.32. The lowest BCUT2D eigenvalue weighted by Crippen LogP contribution is -2.43. The van der Waals surface area contributed by atoms with Crippen LogP contribution in [0.1, 0.15) is 31.2 Å². The highest BCUT2D eigenvalue weighted by molar-refractivity contribution is 6.21. The van der Waals surface area contributed by atoms with Crippen LogP contribution < -0.4 is 10.1 Å². The van der Waals surface area contributed by atoms with Crippen LogP contribution in [-0.4, -0.2) is 67.0 Å². The van der Waals surface area contributed by atoms with Crippen molar-refractivity contribution in [3.63, 3.8) is 0 Å². The van der Waals surface area contributed by atoms with Crippen molar-refractivity contribution in [3.05, 3.63) is 35.9 Å². The average molecular weight is 440 g/mol. The van der Waals surface area contributed by atoms with Crippen LogP contribution in [0, 0.1) is 11.3 Å². The second-order valence-corrected chi connectivity index (χ2v) is 8.43. The van der Waals surface area contributed by atoms with Crippen LogP contribution in [0.25, 0.3) is 10.8 Å². The fourth-order valence-corrected chi connectivity index (χ4v) is 4.43. The summed E-state index contributed by atoms with van der Waals surface area (Å²) in [5.74, 6) is -0.927. The van der Waals surface area contributed by atoms with Crippen molar-refractivity contribution >= 4 is 28.3 Å². The molecule has 2 aliphatic rings. The van der Waals surface area contributed by atoms with Gasteiger partial charge >= 0.3 is 0 Å². The minimum Gasteiger partial charge on any atom is -0.507 e. The van der Waals surface area contributed by atoms with Crippen LogP contribution in [0.15, 0.2) is 30.3 Å². The Hall–Kier alpha value is -2.97. The molecule has 3 N–H and O–H groups in total. The highest BCUT2D eigenvalue weighted by Gasteiger charge is 2.32. The Labute approximate surface area is 187 Å². The molecule has 0 saturated carbocycles. The molecule has 0 aliphatic carbocycles. The molecule has 0 unspecified atom stereocenters. The SMILES string of the molecule is CN(CCOc1ccc2c(C(=N)[C@H]3CCC(=O)NC3=O)c(O)ccc2c1)C1CCOCC1. The normalized spacial score (nSPS) is 19.9. The number of piperidine rings is 1. The number of aromatic hydroxyl groups is 1. The minimum absolute atomic E-state index is 0.0184. The van der Waals surface area contributed by atoms with Gasteiger partial charge in [-0.2, -0.15) is 0 Å². The van der Waals surface area contributed by atoms with Gasteiger partial charge in [-0.3, -0.25) is 19.8 Å². The second kappa shape index (κ2) is 9.67. The van der Waals surface area contributed by atoms with E-state index in [2.05, 4.69) is 17.3 Å². The number of hydrogen-bond acceptors (Lipinski definition) is 7. The lowest BCUT2D eigenvalue weighted by Gasteiger charge is -2.31. The van der Waals surface area contributed by atoms with Gasteiger partial charge in [0.25, 0.3) is 0 Å². The number of hydrogen-bond donors (Lipinski definition) is 3. The molecule has 0 radical (unpaired) electrons. The molecule has 2 aromatic carbocycles. The molecule has 32 heavy (non-hydrogen) atoms. The fraction of sp³-hybridized carbons (Fsp3) is 0.458. The Morgan fingerprint density at radius 3 is 2.75 bits per heavy atom. The molecule has 0 spiro atoms. The van der Waals surface area contributed by atoms with Gasteiger partial charge < -0.3 is 20.0 Å². The Bertz CT molecular complexity index is 1030. The van der Waals surface area contributed by atoms with Gasteiger partial charge in [0, 0.05) is 37.8 Å². The third-order valence-electron chi connectivity index (χ3n) is 6.35. The Morgan fingerprint density at radius 1 is 1.22 bits per heavy atom. The van der Waals surface area contributed by atoms with Gasteiger partial charge in [0.05, 0.1) is 11.6 Å². The molecular weight excluding hydrogens is 410 g/mol. The molecule has 0 bridgehead atoms. The fourth-order valence-electron chi connectivity index (χ4n) is 4.43. The lowest BCUT2D eigenvalue weighted by molar-refractivity contribution is -0.134. The van der Waals surface area contributed by atoms with E-state index >= 15 is 0 Å². The van der Waals surface area contributed by atoms with Crippen LogP contribution in [0.3, 0.4) is 0 Å². The summed E-state index contributed by atoms with van der Waals surface area (Å²) in [7, 11) is 2.11. The summed E-state index contributed by atoms with van der Waals surface area (Å²) < 4.78 is 11.4. The maximum absolute atomic E-state index is 12.2. The highest BCUT2D eigenvalue weighted by Crippen LogP contribution is 2.33. The first-order chi connectivity index (χ1) is 15.4. The van der Waals surface area contributed by atoms with Crippen LogP contribution in [-0.2, 0) is 14.3 Å². The maximum Gasteiger partial charge on any atom is 0.235 e. The molecule has 2 heterocycles. The summed E-state index contributed by atoms with van der Waals surface area (Å²) in [5.41, 5.74) is 0.340. The number of likely N-dealkylation sites (N-methyl/N-ethyl adjacent to an activating group) is 1. The van der Waals surface area contributed by atoms with Crippen LogP contribution in [0.4, 0.5) is 0 Å². The van der Waals surface area contributed by atoms with E-state index in [1.54, 1.807) is 6.07 Å². The third-order valence-corrected chi connectivity index (χ3v) is 6.35. The van der Waals surface area contributed by atoms with Gasteiger partial charge in [-0.05, 0) is 61.3 Å². The number of carbonyl (C=O) groups excluding carboxylic acids is 2. The smallest absolute Gasteiger partial charge is 0.235 e. The molecule has 1 atom stereocenters. The van der Waals surface area contributed by atoms with Crippen molar-refractivity contribution in [2.75, 3.05) is 33.4 Å². The zero-order valence-electron chi connectivity index (χ0n) is 18.2. The van der Waals surface area contributed by atoms with Crippen molar-refractivity contribution in [2.45, 2.75) is 31.7 Å². The molecule has 8 nitrogen and oxygen atoms in total. The minimum atomic E-state index is -0.763. The molecule has 2 aliphatic heterocycles. The summed E-state index contributed by atoms with van der Waals surface area (Å²) in [6.07, 6.45) is 2.53. The third kappa shape index (κ3) is 4.76. The van der Waals surface area contributed by atoms with E-state index in [1.165, 1.54) is 6.07 Å². The van der Waals surface area contributed by atoms with Gasteiger partial charge in [0.15, 0.2) is 0 Å². The van der Waals surface area contributed by atoms with Gasteiger partial charge in [-0.15, -0.1) is 0 Å². The van der Waals surface area contributed by atoms with Gasteiger partial charge in [-0.1, -0.05) is 6.07 Å². The number of rotatable bonds is 7. The van der Waals surface area contributed by atoms with Crippen molar-refractivity contribution in [2.24, 2.45) is 5.92 Å². The second-order valence-electron chi connectivity index (χ2n) is 8.43. The highest BCUT2D eigenvalue weighted by atomic mass is 16.5. The van der Waals surface area contributed by atoms with Crippen LogP contribution in [0.5, 0.6) is 11.5 Å². The van der Waals surface area contributed by atoms with Gasteiger partial charge in [0.2, 0.25) is 11.8 Å². The number of nitrogens with zero attached hydrogens (tertiary/aromatic N) is 1. The molecule has 2 saturated heterocycles. The van der Waals surface area contributed by atoms with E-state index in [9.17, 15) is 14.7 Å². The van der Waals surface area contributed by atoms with E-state index in [-0.39, 0.29) is 30.2 Å². The van der Waals surface area contributed by atoms with E-state index in [0.29, 0.717) is 29.3 Å². The molecule has 2 aromatic rings. The van der Waals surface area contributed by atoms with E-state index in [4.69, 9.17) is 14.9 Å². The number of carbonyl (C=O) groups is 2. The molecule has 8 heteroatoms. The zero-order chi connectivity index (χ0) is 22.7. The number of imide groups is 1. The van der Waals surface area contributed by atoms with Crippen LogP contribution >= 0.6 is 0 Å². The molecular formula is C24H29N3O5. The Kier molecular flexibility index (Phi) is 6.72. The number of ether oxygens (including phenoxy) is 2. The number of fused-ring (bicyclic) bond motifs is 1. The van der Waals surface area contributed by atoms with E-state index in [1.807, 2.05) is 18.2 Å². The quantitative estimate of drug-likeness (QED) is 0.451. The number of amides is 2. The Balaban J connectivity index is 1.46. The number of phenols is 1. The summed E-state index contributed by atoms with van der Waals surface area (Å²) in [6.45, 7) is 2.98. The first-order valence-corrected chi connectivity index (χ1v) is 11.0. The monoisotopic (exact) mass is 439 g/mol. The summed E-state index contributed by atoms with van der Waals surface area (Å²) >= 11 is 0. The molecule has 170 valence electrons. The van der Waals surface area contributed by atoms with Crippen molar-refractivity contribution in [3.8, 4) is 11.5 Å². The van der Waals surface area contributed by atoms with Gasteiger partial charge in [0.1, 0.15) is 18.1 Å². The van der Waals surface area contributed by atoms with Crippen LogP contribution in [0.2, 0.25) is 0 Å². The summed E-state index contributed by atoms with van der Waals surface area (Å²) in [5, 5.41) is 22.8. The molecule has 2 fully saturated rings. The molecule has 4 rings (SSSR count). The van der Waals surface area contributed by atoms with Gasteiger partial charge in [-0.25, -0.2) is 0 Å². The van der Waals surface area contributed by atoms with E-state index < -0.39 is 11.8 Å². The Morgan fingerprint density at radius 2 is 2.00 bits per heavy atom. The van der Waals surface area contributed by atoms with E-state index in [0.717, 1.165) is 38.0 Å². The summed E-state index contributed by atoms with van der Waals surface area (Å²) in [4.78, 5) is 26.0. The average Bonchev–Trinajstić information content (AvgIpc) is 2.79. The standard InChI is InChI=1S/C24H29N3O5/c1-27(16-8-11-31-12-9-16)10-13-32-17-3-4-18-15(14-17)2-6-20(28)22(18)23(25)19-5-7-21(29)26-24(19)30/h2-4,6,14,16,19,25,28H,5,7-13H2,1H3,(H,26,29,30)/t19-/m1/s1. The van der Waals surface area contributed by atoms with Crippen molar-refractivity contribution in [1.82, 2.24) is 10.2 Å². The predicted octanol–water partition coefficient (Wildman–Crippen LogP) is 2.46.